The molecule has 2 aliphatic rings. The highest BCUT2D eigenvalue weighted by atomic mass is 32.2. The number of rotatable bonds is 10. The highest BCUT2D eigenvalue weighted by Gasteiger charge is 2.19. The predicted octanol–water partition coefficient (Wildman–Crippen LogP) is 1.82. The third-order valence-electron chi connectivity index (χ3n) is 3.95. The average molecular weight is 388 g/mol. The van der Waals surface area contributed by atoms with Gasteiger partial charge in [-0.2, -0.15) is 32.0 Å². The van der Waals surface area contributed by atoms with Crippen molar-refractivity contribution in [3.05, 3.63) is 0 Å². The highest BCUT2D eigenvalue weighted by Crippen LogP contribution is 2.27. The number of nitrogens with zero attached hydrogens (tertiary/aromatic N) is 5. The quantitative estimate of drug-likeness (QED) is 0.498. The Morgan fingerprint density at radius 3 is 1.92 bits per heavy atom. The molecule has 0 saturated carbocycles. The molecule has 140 valence electrons. The van der Waals surface area contributed by atoms with Crippen molar-refractivity contribution in [3.63, 3.8) is 0 Å². The van der Waals surface area contributed by atoms with Crippen LogP contribution in [0.1, 0.15) is 32.1 Å². The van der Waals surface area contributed by atoms with Crippen LogP contribution in [0, 0.1) is 0 Å². The molecule has 2 unspecified atom stereocenters. The Hall–Kier alpha value is -1.68. The summed E-state index contributed by atoms with van der Waals surface area (Å²) in [6.45, 7) is 1.16. The first-order chi connectivity index (χ1) is 12.0. The number of hydrogen-bond acceptors (Lipinski definition) is 6. The Bertz CT molecular complexity index is 595. The van der Waals surface area contributed by atoms with Crippen molar-refractivity contribution in [2.24, 2.45) is 20.4 Å². The zero-order valence-corrected chi connectivity index (χ0v) is 16.3. The summed E-state index contributed by atoms with van der Waals surface area (Å²) in [5.41, 5.74) is 3.72. The normalized spacial score (nSPS) is 24.2. The number of carbonyl (C=O) groups excluding carboxylic acids is 1. The zero-order valence-electron chi connectivity index (χ0n) is 14.5. The second-order valence-corrected chi connectivity index (χ2v) is 9.78. The number of carboxylic acids is 1. The topological polar surface area (TPSA) is 107 Å². The molecule has 0 saturated heterocycles. The third kappa shape index (κ3) is 6.28. The van der Waals surface area contributed by atoms with E-state index in [1.54, 1.807) is 4.90 Å². The number of carbonyl (C=O) groups is 2. The smallest absolute Gasteiger partial charge is 0.303 e. The Morgan fingerprint density at radius 1 is 1.00 bits per heavy atom. The third-order valence-corrected chi connectivity index (χ3v) is 7.11. The Kier molecular flexibility index (Phi) is 7.63. The lowest BCUT2D eigenvalue weighted by molar-refractivity contribution is -0.137. The van der Waals surface area contributed by atoms with Gasteiger partial charge < -0.3 is 10.0 Å². The van der Waals surface area contributed by atoms with Gasteiger partial charge in [-0.1, -0.05) is 0 Å². The molecular formula is C15H25N5O3S2. The Labute approximate surface area is 152 Å². The monoisotopic (exact) mass is 387 g/mol. The molecule has 25 heavy (non-hydrogen) atoms. The van der Waals surface area contributed by atoms with Gasteiger partial charge in [0.2, 0.25) is 5.91 Å². The molecule has 2 atom stereocenters. The van der Waals surface area contributed by atoms with Crippen molar-refractivity contribution < 1.29 is 14.7 Å². The maximum absolute atomic E-state index is 12.5. The van der Waals surface area contributed by atoms with Crippen molar-refractivity contribution in [3.8, 4) is 0 Å². The fraction of sp³-hybridized carbons (Fsp3) is 0.600. The van der Waals surface area contributed by atoms with Gasteiger partial charge in [0.25, 0.3) is 0 Å². The van der Waals surface area contributed by atoms with Gasteiger partial charge in [0.05, 0.1) is 21.2 Å². The van der Waals surface area contributed by atoms with E-state index in [2.05, 4.69) is 32.9 Å². The van der Waals surface area contributed by atoms with Gasteiger partial charge in [0.15, 0.2) is 0 Å². The molecule has 0 fully saturated rings. The molecule has 10 heteroatoms. The van der Waals surface area contributed by atoms with E-state index < -0.39 is 27.8 Å². The van der Waals surface area contributed by atoms with E-state index in [9.17, 15) is 9.59 Å². The first-order valence-electron chi connectivity index (χ1n) is 8.12. The van der Waals surface area contributed by atoms with E-state index in [4.69, 9.17) is 5.11 Å². The van der Waals surface area contributed by atoms with E-state index in [1.165, 1.54) is 0 Å². The number of carboxylic acid groups (broad SMARTS) is 1. The maximum Gasteiger partial charge on any atom is 0.303 e. The van der Waals surface area contributed by atoms with E-state index in [1.807, 2.05) is 11.1 Å². The van der Waals surface area contributed by atoms with Crippen LogP contribution in [0.15, 0.2) is 20.4 Å². The highest BCUT2D eigenvalue weighted by molar-refractivity contribution is 8.40. The SMILES string of the molecule is C[SH]1C=NN=C1CCN(CCC1=NN=C[SH]1C)C(=O)CCCC(=O)O. The molecule has 0 aliphatic carbocycles. The molecule has 0 radical (unpaired) electrons. The molecule has 0 aromatic carbocycles. The zero-order chi connectivity index (χ0) is 18.2. The molecule has 0 spiro atoms. The minimum Gasteiger partial charge on any atom is -0.481 e. The Balaban J connectivity index is 1.87. The molecule has 2 rings (SSSR count). The van der Waals surface area contributed by atoms with Crippen molar-refractivity contribution >= 4 is 54.8 Å². The first-order valence-corrected chi connectivity index (χ1v) is 11.8. The summed E-state index contributed by atoms with van der Waals surface area (Å²) in [6, 6.07) is 0. The van der Waals surface area contributed by atoms with E-state index in [0.717, 1.165) is 10.1 Å². The van der Waals surface area contributed by atoms with Crippen LogP contribution in [0.5, 0.6) is 0 Å². The summed E-state index contributed by atoms with van der Waals surface area (Å²) >= 11 is 0. The van der Waals surface area contributed by atoms with Crippen LogP contribution in [0.4, 0.5) is 0 Å². The summed E-state index contributed by atoms with van der Waals surface area (Å²) < 4.78 is 0. The molecule has 2 heterocycles. The van der Waals surface area contributed by atoms with Gasteiger partial charge in [-0.15, -0.1) is 10.2 Å². The Morgan fingerprint density at radius 2 is 1.52 bits per heavy atom. The minimum atomic E-state index is -0.873. The van der Waals surface area contributed by atoms with Crippen LogP contribution in [-0.4, -0.2) is 68.7 Å². The van der Waals surface area contributed by atoms with Gasteiger partial charge in [0, 0.05) is 38.8 Å². The fourth-order valence-electron chi connectivity index (χ4n) is 2.45. The fourth-order valence-corrected chi connectivity index (χ4v) is 4.42. The van der Waals surface area contributed by atoms with Crippen molar-refractivity contribution in [1.82, 2.24) is 4.90 Å². The number of thiol groups is 2. The van der Waals surface area contributed by atoms with Crippen LogP contribution < -0.4 is 0 Å². The van der Waals surface area contributed by atoms with Crippen molar-refractivity contribution in [2.75, 3.05) is 25.6 Å². The van der Waals surface area contributed by atoms with Gasteiger partial charge in [-0.25, -0.2) is 0 Å². The van der Waals surface area contributed by atoms with Crippen LogP contribution in [0.2, 0.25) is 0 Å². The summed E-state index contributed by atoms with van der Waals surface area (Å²) in [7, 11) is -0.842. The lowest BCUT2D eigenvalue weighted by atomic mass is 10.2. The number of hydrogen-bond donors (Lipinski definition) is 3. The summed E-state index contributed by atoms with van der Waals surface area (Å²) in [5.74, 6) is -0.885. The van der Waals surface area contributed by atoms with Gasteiger partial charge >= 0.3 is 5.97 Å². The molecule has 2 aliphatic heterocycles. The van der Waals surface area contributed by atoms with Crippen LogP contribution >= 0.6 is 21.8 Å². The van der Waals surface area contributed by atoms with Gasteiger partial charge in [-0.05, 0) is 18.9 Å². The summed E-state index contributed by atoms with van der Waals surface area (Å²) in [4.78, 5) is 24.9. The molecule has 1 N–H and O–H groups in total. The lowest BCUT2D eigenvalue weighted by Gasteiger charge is -2.24. The minimum absolute atomic E-state index is 0.0128. The van der Waals surface area contributed by atoms with Gasteiger partial charge in [-0.3, -0.25) is 9.59 Å². The summed E-state index contributed by atoms with van der Waals surface area (Å²) in [6.07, 6.45) is 6.23. The largest absolute Gasteiger partial charge is 0.481 e. The van der Waals surface area contributed by atoms with Crippen molar-refractivity contribution in [1.29, 1.82) is 0 Å². The standard InChI is InChI=1S/C15H25N5O3S2/c1-24-10-16-18-12(24)6-8-20(14(21)4-3-5-15(22)23)9-7-13-19-17-11-25(13)2/h10-11,24-25H,3-9H2,1-2H3,(H,22,23). The second-order valence-electron chi connectivity index (χ2n) is 5.84. The molecule has 1 amide bonds. The molecule has 0 bridgehead atoms. The molecule has 8 nitrogen and oxygen atoms in total. The average Bonchev–Trinajstić information content (AvgIpc) is 3.15. The molecular weight excluding hydrogens is 362 g/mol. The maximum atomic E-state index is 12.5. The lowest BCUT2D eigenvalue weighted by Crippen LogP contribution is -2.34. The van der Waals surface area contributed by atoms with Crippen molar-refractivity contribution in [2.45, 2.75) is 32.1 Å². The number of amides is 1. The van der Waals surface area contributed by atoms with E-state index in [-0.39, 0.29) is 18.7 Å². The van der Waals surface area contributed by atoms with E-state index >= 15 is 0 Å². The summed E-state index contributed by atoms with van der Waals surface area (Å²) in [5, 5.41) is 27.0. The number of aliphatic carboxylic acids is 1. The predicted molar refractivity (Wildman–Crippen MR) is 109 cm³/mol. The second kappa shape index (κ2) is 9.71. The van der Waals surface area contributed by atoms with Crippen LogP contribution in [0.25, 0.3) is 0 Å². The van der Waals surface area contributed by atoms with E-state index in [0.29, 0.717) is 32.4 Å². The first kappa shape index (κ1) is 19.6. The van der Waals surface area contributed by atoms with Gasteiger partial charge in [0.1, 0.15) is 0 Å². The molecule has 0 aromatic rings. The van der Waals surface area contributed by atoms with Crippen LogP contribution in [0.3, 0.4) is 0 Å². The molecule has 0 aromatic heterocycles. The van der Waals surface area contributed by atoms with Crippen LogP contribution in [-0.2, 0) is 9.59 Å².